The van der Waals surface area contributed by atoms with Crippen LogP contribution in [0.1, 0.15) is 38.8 Å². The summed E-state index contributed by atoms with van der Waals surface area (Å²) in [6.45, 7) is 9.78. The molecule has 156 valence electrons. The third kappa shape index (κ3) is 3.40. The van der Waals surface area contributed by atoms with Gasteiger partial charge in [0.1, 0.15) is 0 Å². The van der Waals surface area contributed by atoms with Gasteiger partial charge in [0.05, 0.1) is 22.3 Å². The summed E-state index contributed by atoms with van der Waals surface area (Å²) in [7, 11) is -0.547. The Morgan fingerprint density at radius 1 is 0.933 bits per heavy atom. The number of aryl methyl sites for hydroxylation is 1. The molecule has 2 aromatic carbocycles. The van der Waals surface area contributed by atoms with Crippen LogP contribution >= 0.6 is 0 Å². The number of pyridine rings is 1. The summed E-state index contributed by atoms with van der Waals surface area (Å²) in [6.07, 6.45) is -2.97. The summed E-state index contributed by atoms with van der Waals surface area (Å²) in [5.74, 6) is 0. The second-order valence-electron chi connectivity index (χ2n) is 8.73. The van der Waals surface area contributed by atoms with E-state index in [0.717, 1.165) is 28.2 Å². The van der Waals surface area contributed by atoms with Gasteiger partial charge in [0.2, 0.25) is 0 Å². The lowest BCUT2D eigenvalue weighted by Gasteiger charge is -2.32. The Kier molecular flexibility index (Phi) is 4.75. The van der Waals surface area contributed by atoms with Crippen molar-refractivity contribution in [3.63, 3.8) is 0 Å². The molecule has 0 aliphatic carbocycles. The molecule has 2 heterocycles. The number of aromatic nitrogens is 1. The van der Waals surface area contributed by atoms with Crippen LogP contribution in [0, 0.1) is 6.92 Å². The summed E-state index contributed by atoms with van der Waals surface area (Å²) >= 11 is 0. The van der Waals surface area contributed by atoms with Crippen LogP contribution in [0.15, 0.2) is 48.7 Å². The lowest BCUT2D eigenvalue weighted by Crippen LogP contribution is -2.41. The van der Waals surface area contributed by atoms with Gasteiger partial charge in [-0.05, 0) is 62.8 Å². The third-order valence-electron chi connectivity index (χ3n) is 6.09. The molecular formula is C23H23BF3NO2. The van der Waals surface area contributed by atoms with Crippen molar-refractivity contribution in [1.29, 1.82) is 0 Å². The minimum Gasteiger partial charge on any atom is -0.399 e. The highest BCUT2D eigenvalue weighted by atomic mass is 19.4. The van der Waals surface area contributed by atoms with Gasteiger partial charge in [0, 0.05) is 11.6 Å². The summed E-state index contributed by atoms with van der Waals surface area (Å²) < 4.78 is 52.8. The molecule has 0 N–H and O–H groups in total. The molecule has 1 aromatic heterocycles. The average Bonchev–Trinajstić information content (AvgIpc) is 2.88. The first-order valence-electron chi connectivity index (χ1n) is 9.82. The fourth-order valence-corrected chi connectivity index (χ4v) is 3.75. The number of benzene rings is 2. The molecule has 0 atom stereocenters. The van der Waals surface area contributed by atoms with Crippen molar-refractivity contribution in [3.8, 4) is 11.1 Å². The SMILES string of the molecule is Cc1cnc2c(C(F)(F)F)cccc2c1-c1cccc(B2OC(C)(C)C(C)(C)O2)c1. The molecule has 3 aromatic rings. The van der Waals surface area contributed by atoms with E-state index in [4.69, 9.17) is 9.31 Å². The molecule has 1 aliphatic heterocycles. The predicted octanol–water partition coefficient (Wildman–Crippen LogP) is 5.53. The molecule has 0 unspecified atom stereocenters. The van der Waals surface area contributed by atoms with Crippen molar-refractivity contribution in [3.05, 3.63) is 59.8 Å². The van der Waals surface area contributed by atoms with Gasteiger partial charge in [0.25, 0.3) is 0 Å². The lowest BCUT2D eigenvalue weighted by molar-refractivity contribution is -0.136. The van der Waals surface area contributed by atoms with Crippen LogP contribution in [0.3, 0.4) is 0 Å². The van der Waals surface area contributed by atoms with Gasteiger partial charge in [-0.25, -0.2) is 0 Å². The van der Waals surface area contributed by atoms with E-state index in [0.29, 0.717) is 5.39 Å². The summed E-state index contributed by atoms with van der Waals surface area (Å²) in [4.78, 5) is 4.10. The van der Waals surface area contributed by atoms with Gasteiger partial charge in [-0.2, -0.15) is 13.2 Å². The predicted molar refractivity (Wildman–Crippen MR) is 113 cm³/mol. The van der Waals surface area contributed by atoms with Crippen LogP contribution in [0.5, 0.6) is 0 Å². The van der Waals surface area contributed by atoms with E-state index in [1.807, 2.05) is 58.9 Å². The van der Waals surface area contributed by atoms with Crippen molar-refractivity contribution in [2.45, 2.75) is 52.0 Å². The first kappa shape index (κ1) is 20.9. The Labute approximate surface area is 174 Å². The van der Waals surface area contributed by atoms with Crippen LogP contribution in [0.2, 0.25) is 0 Å². The first-order valence-corrected chi connectivity index (χ1v) is 9.82. The number of para-hydroxylation sites is 1. The van der Waals surface area contributed by atoms with E-state index >= 15 is 0 Å². The molecule has 0 amide bonds. The second kappa shape index (κ2) is 6.82. The Balaban J connectivity index is 1.85. The maximum Gasteiger partial charge on any atom is 0.494 e. The van der Waals surface area contributed by atoms with E-state index in [1.165, 1.54) is 12.3 Å². The Bertz CT molecular complexity index is 1110. The number of hydrogen-bond acceptors (Lipinski definition) is 3. The number of rotatable bonds is 2. The average molecular weight is 413 g/mol. The highest BCUT2D eigenvalue weighted by molar-refractivity contribution is 6.62. The van der Waals surface area contributed by atoms with Crippen LogP contribution in [-0.4, -0.2) is 23.3 Å². The molecular weight excluding hydrogens is 390 g/mol. The molecule has 0 bridgehead atoms. The van der Waals surface area contributed by atoms with E-state index in [9.17, 15) is 13.2 Å². The van der Waals surface area contributed by atoms with Crippen LogP contribution in [0.4, 0.5) is 13.2 Å². The second-order valence-corrected chi connectivity index (χ2v) is 8.73. The standard InChI is InChI=1S/C23H23BF3NO2/c1-14-13-28-20-17(10-7-11-18(20)23(25,26)27)19(14)15-8-6-9-16(12-15)24-29-21(2,3)22(4,5)30-24/h6-13H,1-5H3. The largest absolute Gasteiger partial charge is 0.494 e. The first-order chi connectivity index (χ1) is 13.9. The minimum absolute atomic E-state index is 0.0494. The summed E-state index contributed by atoms with van der Waals surface area (Å²) in [5, 5.41) is 0.468. The molecule has 0 saturated carbocycles. The van der Waals surface area contributed by atoms with Crippen molar-refractivity contribution < 1.29 is 22.5 Å². The number of halogens is 3. The molecule has 1 saturated heterocycles. The smallest absolute Gasteiger partial charge is 0.399 e. The fraction of sp³-hybridized carbons (Fsp3) is 0.348. The van der Waals surface area contributed by atoms with Crippen LogP contribution < -0.4 is 5.46 Å². The fourth-order valence-electron chi connectivity index (χ4n) is 3.75. The van der Waals surface area contributed by atoms with Gasteiger partial charge in [0.15, 0.2) is 0 Å². The van der Waals surface area contributed by atoms with E-state index in [1.54, 1.807) is 6.07 Å². The third-order valence-corrected chi connectivity index (χ3v) is 6.09. The Hall–Kier alpha value is -2.38. The van der Waals surface area contributed by atoms with Gasteiger partial charge in [-0.15, -0.1) is 0 Å². The monoisotopic (exact) mass is 413 g/mol. The van der Waals surface area contributed by atoms with E-state index in [-0.39, 0.29) is 5.52 Å². The van der Waals surface area contributed by atoms with E-state index < -0.39 is 30.1 Å². The maximum atomic E-state index is 13.5. The summed E-state index contributed by atoms with van der Waals surface area (Å²) in [6, 6.07) is 11.8. The zero-order valence-corrected chi connectivity index (χ0v) is 17.6. The van der Waals surface area contributed by atoms with E-state index in [2.05, 4.69) is 4.98 Å². The number of fused-ring (bicyclic) bond motifs is 1. The van der Waals surface area contributed by atoms with Gasteiger partial charge in [-0.3, -0.25) is 4.98 Å². The normalized spacial score (nSPS) is 18.2. The van der Waals surface area contributed by atoms with Crippen molar-refractivity contribution in [2.75, 3.05) is 0 Å². The number of hydrogen-bond donors (Lipinski definition) is 0. The molecule has 30 heavy (non-hydrogen) atoms. The molecule has 0 radical (unpaired) electrons. The number of alkyl halides is 3. The van der Waals surface area contributed by atoms with Crippen molar-refractivity contribution >= 4 is 23.5 Å². The lowest BCUT2D eigenvalue weighted by atomic mass is 9.77. The topological polar surface area (TPSA) is 31.4 Å². The maximum absolute atomic E-state index is 13.5. The zero-order valence-electron chi connectivity index (χ0n) is 17.6. The Morgan fingerprint density at radius 2 is 1.57 bits per heavy atom. The highest BCUT2D eigenvalue weighted by Gasteiger charge is 2.51. The molecule has 3 nitrogen and oxygen atoms in total. The number of nitrogens with zero attached hydrogens (tertiary/aromatic N) is 1. The van der Waals surface area contributed by atoms with Gasteiger partial charge >= 0.3 is 13.3 Å². The van der Waals surface area contributed by atoms with Gasteiger partial charge < -0.3 is 9.31 Å². The molecule has 4 rings (SSSR count). The zero-order chi connectivity index (χ0) is 21.9. The van der Waals surface area contributed by atoms with Crippen LogP contribution in [-0.2, 0) is 15.5 Å². The Morgan fingerprint density at radius 3 is 2.20 bits per heavy atom. The molecule has 1 aliphatic rings. The van der Waals surface area contributed by atoms with Gasteiger partial charge in [-0.1, -0.05) is 36.4 Å². The minimum atomic E-state index is -4.47. The highest BCUT2D eigenvalue weighted by Crippen LogP contribution is 2.39. The summed E-state index contributed by atoms with van der Waals surface area (Å²) in [5.41, 5.74) is 1.41. The van der Waals surface area contributed by atoms with Crippen molar-refractivity contribution in [1.82, 2.24) is 4.98 Å². The molecule has 7 heteroatoms. The molecule has 0 spiro atoms. The molecule has 1 fully saturated rings. The van der Waals surface area contributed by atoms with Crippen LogP contribution in [0.25, 0.3) is 22.0 Å². The van der Waals surface area contributed by atoms with Crippen molar-refractivity contribution in [2.24, 2.45) is 0 Å². The quantitative estimate of drug-likeness (QED) is 0.518.